The molecule has 5 nitrogen and oxygen atoms in total. The molecule has 0 radical (unpaired) electrons. The second kappa shape index (κ2) is 6.57. The molecule has 1 saturated heterocycles. The van der Waals surface area contributed by atoms with Crippen molar-refractivity contribution >= 4 is 6.09 Å². The van der Waals surface area contributed by atoms with E-state index in [1.807, 2.05) is 6.92 Å². The number of rotatable bonds is 5. The van der Waals surface area contributed by atoms with Crippen LogP contribution in [0.2, 0.25) is 0 Å². The fourth-order valence-electron chi connectivity index (χ4n) is 2.97. The van der Waals surface area contributed by atoms with Gasteiger partial charge < -0.3 is 15.2 Å². The lowest BCUT2D eigenvalue weighted by Gasteiger charge is -2.39. The van der Waals surface area contributed by atoms with Crippen molar-refractivity contribution in [1.82, 2.24) is 10.2 Å². The number of carbonyl (C=O) groups excluding carboxylic acids is 1. The van der Waals surface area contributed by atoms with E-state index in [1.54, 1.807) is 6.92 Å². The molecule has 19 heavy (non-hydrogen) atoms. The van der Waals surface area contributed by atoms with E-state index in [1.165, 1.54) is 12.8 Å². The highest BCUT2D eigenvalue weighted by Gasteiger charge is 2.38. The number of amides is 1. The molecule has 0 aromatic heterocycles. The van der Waals surface area contributed by atoms with Gasteiger partial charge in [-0.3, -0.25) is 4.90 Å². The number of ether oxygens (including phenoxy) is 1. The lowest BCUT2D eigenvalue weighted by Crippen LogP contribution is -2.53. The molecule has 1 saturated carbocycles. The minimum atomic E-state index is -0.338. The van der Waals surface area contributed by atoms with Gasteiger partial charge in [0.1, 0.15) is 0 Å². The maximum absolute atomic E-state index is 11.5. The fourth-order valence-corrected chi connectivity index (χ4v) is 2.97. The van der Waals surface area contributed by atoms with Gasteiger partial charge in [-0.05, 0) is 38.5 Å². The lowest BCUT2D eigenvalue weighted by atomic mass is 9.88. The molecule has 2 fully saturated rings. The van der Waals surface area contributed by atoms with Gasteiger partial charge in [0.2, 0.25) is 0 Å². The Labute approximate surface area is 115 Å². The molecule has 0 aromatic carbocycles. The van der Waals surface area contributed by atoms with Crippen LogP contribution in [0.15, 0.2) is 0 Å². The molecule has 3 atom stereocenters. The molecular weight excluding hydrogens is 244 g/mol. The van der Waals surface area contributed by atoms with E-state index in [2.05, 4.69) is 10.2 Å². The summed E-state index contributed by atoms with van der Waals surface area (Å²) in [6.07, 6.45) is 3.51. The number of nitrogens with one attached hydrogen (secondary N) is 1. The highest BCUT2D eigenvalue weighted by molar-refractivity contribution is 5.67. The van der Waals surface area contributed by atoms with Crippen LogP contribution in [0, 0.1) is 5.92 Å². The van der Waals surface area contributed by atoms with Crippen LogP contribution in [0.4, 0.5) is 4.79 Å². The molecule has 1 amide bonds. The Morgan fingerprint density at radius 3 is 2.74 bits per heavy atom. The zero-order valence-corrected chi connectivity index (χ0v) is 12.0. The molecule has 0 bridgehead atoms. The second-order valence-electron chi connectivity index (χ2n) is 5.72. The highest BCUT2D eigenvalue weighted by Crippen LogP contribution is 2.32. The standard InChI is InChI=1S/C14H26N2O3/c1-3-13(17)10-7-11(15-14(18)19-4-2)9-16(8-10)12-5-6-12/h10-13,17H,3-9H2,1-2H3,(H,15,18). The van der Waals surface area contributed by atoms with Crippen molar-refractivity contribution < 1.29 is 14.6 Å². The van der Waals surface area contributed by atoms with Gasteiger partial charge in [-0.15, -0.1) is 0 Å². The number of aliphatic hydroxyl groups is 1. The predicted octanol–water partition coefficient (Wildman–Crippen LogP) is 1.36. The maximum atomic E-state index is 11.5. The first-order valence-corrected chi connectivity index (χ1v) is 7.49. The van der Waals surface area contributed by atoms with E-state index < -0.39 is 0 Å². The third kappa shape index (κ3) is 4.08. The fraction of sp³-hybridized carbons (Fsp3) is 0.929. The Morgan fingerprint density at radius 1 is 1.42 bits per heavy atom. The van der Waals surface area contributed by atoms with Crippen LogP contribution in [0.5, 0.6) is 0 Å². The van der Waals surface area contributed by atoms with Gasteiger partial charge in [-0.2, -0.15) is 0 Å². The molecule has 2 N–H and O–H groups in total. The van der Waals surface area contributed by atoms with Crippen molar-refractivity contribution in [2.24, 2.45) is 5.92 Å². The Morgan fingerprint density at radius 2 is 2.16 bits per heavy atom. The van der Waals surface area contributed by atoms with Crippen molar-refractivity contribution in [3.63, 3.8) is 0 Å². The van der Waals surface area contributed by atoms with E-state index in [0.717, 1.165) is 25.9 Å². The van der Waals surface area contributed by atoms with Crippen molar-refractivity contribution in [2.75, 3.05) is 19.7 Å². The average molecular weight is 270 g/mol. The van der Waals surface area contributed by atoms with Gasteiger partial charge in [-0.1, -0.05) is 6.92 Å². The van der Waals surface area contributed by atoms with Crippen LogP contribution in [0.3, 0.4) is 0 Å². The predicted molar refractivity (Wildman–Crippen MR) is 72.9 cm³/mol. The van der Waals surface area contributed by atoms with Crippen LogP contribution in [-0.2, 0) is 4.74 Å². The SMILES string of the molecule is CCOC(=O)NC1CC(C(O)CC)CN(C2CC2)C1. The third-order valence-electron chi connectivity index (χ3n) is 4.13. The molecule has 110 valence electrons. The third-order valence-corrected chi connectivity index (χ3v) is 4.13. The van der Waals surface area contributed by atoms with E-state index in [4.69, 9.17) is 4.74 Å². The molecule has 1 aliphatic carbocycles. The summed E-state index contributed by atoms with van der Waals surface area (Å²) in [5, 5.41) is 13.0. The molecule has 0 aromatic rings. The van der Waals surface area contributed by atoms with E-state index in [0.29, 0.717) is 12.6 Å². The number of aliphatic hydroxyl groups excluding tert-OH is 1. The summed E-state index contributed by atoms with van der Waals surface area (Å²) in [6, 6.07) is 0.762. The molecule has 1 heterocycles. The monoisotopic (exact) mass is 270 g/mol. The molecule has 3 unspecified atom stereocenters. The lowest BCUT2D eigenvalue weighted by molar-refractivity contribution is 0.0316. The summed E-state index contributed by atoms with van der Waals surface area (Å²) in [5.41, 5.74) is 0. The maximum Gasteiger partial charge on any atom is 0.407 e. The van der Waals surface area contributed by atoms with Gasteiger partial charge in [0.05, 0.1) is 12.7 Å². The summed E-state index contributed by atoms with van der Waals surface area (Å²) in [7, 11) is 0. The first kappa shape index (κ1) is 14.6. The molecule has 0 spiro atoms. The number of hydrogen-bond donors (Lipinski definition) is 2. The van der Waals surface area contributed by atoms with Crippen LogP contribution in [-0.4, -0.2) is 54.0 Å². The summed E-state index contributed by atoms with van der Waals surface area (Å²) < 4.78 is 4.95. The second-order valence-corrected chi connectivity index (χ2v) is 5.72. The number of carbonyl (C=O) groups is 1. The Bertz CT molecular complexity index is 307. The van der Waals surface area contributed by atoms with Gasteiger partial charge in [0.25, 0.3) is 0 Å². The topological polar surface area (TPSA) is 61.8 Å². The van der Waals surface area contributed by atoms with Crippen LogP contribution < -0.4 is 5.32 Å². The summed E-state index contributed by atoms with van der Waals surface area (Å²) in [5.74, 6) is 0.256. The minimum absolute atomic E-state index is 0.0969. The number of nitrogens with zero attached hydrogens (tertiary/aromatic N) is 1. The highest BCUT2D eigenvalue weighted by atomic mass is 16.5. The number of alkyl carbamates (subject to hydrolysis) is 1. The Hall–Kier alpha value is -0.810. The number of likely N-dealkylation sites (tertiary alicyclic amines) is 1. The van der Waals surface area contributed by atoms with Crippen LogP contribution in [0.25, 0.3) is 0 Å². The largest absolute Gasteiger partial charge is 0.450 e. The summed E-state index contributed by atoms with van der Waals surface area (Å²) in [4.78, 5) is 14.0. The van der Waals surface area contributed by atoms with Gasteiger partial charge in [-0.25, -0.2) is 4.79 Å². The van der Waals surface area contributed by atoms with Crippen LogP contribution in [0.1, 0.15) is 39.5 Å². The molecular formula is C14H26N2O3. The average Bonchev–Trinajstić information content (AvgIpc) is 3.22. The number of hydrogen-bond acceptors (Lipinski definition) is 4. The van der Waals surface area contributed by atoms with E-state index >= 15 is 0 Å². The first-order chi connectivity index (χ1) is 9.13. The summed E-state index contributed by atoms with van der Waals surface area (Å²) in [6.45, 7) is 6.05. The van der Waals surface area contributed by atoms with Crippen molar-refractivity contribution in [1.29, 1.82) is 0 Å². The van der Waals surface area contributed by atoms with Crippen molar-refractivity contribution in [2.45, 2.75) is 57.7 Å². The molecule has 2 aliphatic rings. The summed E-state index contributed by atoms with van der Waals surface area (Å²) >= 11 is 0. The Balaban J connectivity index is 1.91. The van der Waals surface area contributed by atoms with E-state index in [-0.39, 0.29) is 24.2 Å². The zero-order valence-electron chi connectivity index (χ0n) is 12.0. The molecule has 2 rings (SSSR count). The van der Waals surface area contributed by atoms with Crippen LogP contribution >= 0.6 is 0 Å². The van der Waals surface area contributed by atoms with E-state index in [9.17, 15) is 9.90 Å². The number of piperidine rings is 1. The van der Waals surface area contributed by atoms with Gasteiger partial charge in [0.15, 0.2) is 0 Å². The Kier molecular flexibility index (Phi) is 5.05. The first-order valence-electron chi connectivity index (χ1n) is 7.49. The quantitative estimate of drug-likeness (QED) is 0.792. The minimum Gasteiger partial charge on any atom is -0.450 e. The van der Waals surface area contributed by atoms with Crippen molar-refractivity contribution in [3.8, 4) is 0 Å². The zero-order chi connectivity index (χ0) is 13.8. The van der Waals surface area contributed by atoms with Gasteiger partial charge >= 0.3 is 6.09 Å². The normalized spacial score (nSPS) is 29.8. The van der Waals surface area contributed by atoms with Crippen molar-refractivity contribution in [3.05, 3.63) is 0 Å². The molecule has 1 aliphatic heterocycles. The molecule has 5 heteroatoms. The van der Waals surface area contributed by atoms with Gasteiger partial charge in [0, 0.05) is 25.2 Å². The smallest absolute Gasteiger partial charge is 0.407 e.